The molecule has 2 heterocycles. The number of aromatic nitrogens is 3. The molecule has 6 nitrogen and oxygen atoms in total. The zero-order valence-electron chi connectivity index (χ0n) is 16.3. The minimum Gasteiger partial charge on any atom is -0.344 e. The molecule has 0 saturated carbocycles. The van der Waals surface area contributed by atoms with Gasteiger partial charge in [0.15, 0.2) is 5.82 Å². The summed E-state index contributed by atoms with van der Waals surface area (Å²) in [7, 11) is 0. The summed E-state index contributed by atoms with van der Waals surface area (Å²) in [6, 6.07) is 6.10. The standard InChI is InChI=1S/C20H22BrF2N5O/c1-11(2)28-10-24-16-7-17(21)27-19(18(16)28)25-13-5-4-12(3)15(6-13)20(29)26-14(8-22)9-23/h4-7,10-11,14H,8-9H2,1-3H3,(H,25,27)(H,26,29). The first kappa shape index (κ1) is 21.2. The van der Waals surface area contributed by atoms with Crippen molar-refractivity contribution in [2.24, 2.45) is 0 Å². The van der Waals surface area contributed by atoms with E-state index in [1.54, 1.807) is 25.4 Å². The lowest BCUT2D eigenvalue weighted by Gasteiger charge is -2.16. The van der Waals surface area contributed by atoms with Crippen LogP contribution >= 0.6 is 15.9 Å². The molecule has 0 fully saturated rings. The molecule has 9 heteroatoms. The Kier molecular flexibility index (Phi) is 6.46. The van der Waals surface area contributed by atoms with Crippen molar-refractivity contribution in [3.8, 4) is 0 Å². The number of nitrogens with zero attached hydrogens (tertiary/aromatic N) is 3. The number of rotatable bonds is 7. The molecule has 0 bridgehead atoms. The van der Waals surface area contributed by atoms with E-state index in [2.05, 4.69) is 36.5 Å². The Balaban J connectivity index is 1.97. The Morgan fingerprint density at radius 1 is 1.24 bits per heavy atom. The number of benzene rings is 1. The van der Waals surface area contributed by atoms with E-state index >= 15 is 0 Å². The maximum absolute atomic E-state index is 12.8. The highest BCUT2D eigenvalue weighted by Gasteiger charge is 2.17. The number of alkyl halides is 2. The second-order valence-electron chi connectivity index (χ2n) is 7.04. The number of imidazole rings is 1. The predicted octanol–water partition coefficient (Wildman–Crippen LogP) is 4.86. The van der Waals surface area contributed by atoms with Gasteiger partial charge in [-0.05, 0) is 60.5 Å². The van der Waals surface area contributed by atoms with E-state index in [0.717, 1.165) is 11.0 Å². The van der Waals surface area contributed by atoms with Crippen LogP contribution in [0.2, 0.25) is 0 Å². The first-order valence-corrected chi connectivity index (χ1v) is 9.96. The number of hydrogen-bond donors (Lipinski definition) is 2. The van der Waals surface area contributed by atoms with E-state index in [4.69, 9.17) is 0 Å². The third-order valence-electron chi connectivity index (χ3n) is 4.53. The molecule has 3 aromatic rings. The van der Waals surface area contributed by atoms with Gasteiger partial charge in [-0.3, -0.25) is 4.79 Å². The number of halogens is 3. The first-order chi connectivity index (χ1) is 13.8. The normalized spacial score (nSPS) is 11.4. The van der Waals surface area contributed by atoms with Gasteiger partial charge in [0.25, 0.3) is 5.91 Å². The number of amides is 1. The van der Waals surface area contributed by atoms with E-state index < -0.39 is 25.3 Å². The number of nitrogens with one attached hydrogen (secondary N) is 2. The van der Waals surface area contributed by atoms with Crippen LogP contribution in [0, 0.1) is 6.92 Å². The smallest absolute Gasteiger partial charge is 0.252 e. The van der Waals surface area contributed by atoms with Gasteiger partial charge >= 0.3 is 0 Å². The Bertz CT molecular complexity index is 1030. The molecule has 29 heavy (non-hydrogen) atoms. The molecule has 0 atom stereocenters. The maximum atomic E-state index is 12.8. The molecule has 0 radical (unpaired) electrons. The van der Waals surface area contributed by atoms with Crippen LogP contribution in [0.5, 0.6) is 0 Å². The summed E-state index contributed by atoms with van der Waals surface area (Å²) in [5.74, 6) is 0.0622. The van der Waals surface area contributed by atoms with Crippen molar-refractivity contribution in [3.05, 3.63) is 46.3 Å². The average molecular weight is 466 g/mol. The molecule has 2 N–H and O–H groups in total. The van der Waals surface area contributed by atoms with Crippen LogP contribution < -0.4 is 10.6 Å². The molecular weight excluding hydrogens is 444 g/mol. The van der Waals surface area contributed by atoms with Crippen molar-refractivity contribution < 1.29 is 13.6 Å². The number of pyridine rings is 1. The van der Waals surface area contributed by atoms with Crippen LogP contribution in [-0.4, -0.2) is 39.8 Å². The molecule has 0 saturated heterocycles. The fourth-order valence-corrected chi connectivity index (χ4v) is 3.37. The molecule has 1 amide bonds. The van der Waals surface area contributed by atoms with Gasteiger partial charge in [0.1, 0.15) is 23.5 Å². The molecule has 0 unspecified atom stereocenters. The highest BCUT2D eigenvalue weighted by Crippen LogP contribution is 2.29. The lowest BCUT2D eigenvalue weighted by atomic mass is 10.1. The van der Waals surface area contributed by atoms with Crippen LogP contribution in [0.15, 0.2) is 35.2 Å². The summed E-state index contributed by atoms with van der Waals surface area (Å²) in [5, 5.41) is 5.61. The number of anilines is 2. The number of fused-ring (bicyclic) bond motifs is 1. The monoisotopic (exact) mass is 465 g/mol. The van der Waals surface area contributed by atoms with Crippen LogP contribution in [0.1, 0.15) is 35.8 Å². The fraction of sp³-hybridized carbons (Fsp3) is 0.350. The fourth-order valence-electron chi connectivity index (χ4n) is 2.97. The lowest BCUT2D eigenvalue weighted by Crippen LogP contribution is -2.38. The van der Waals surface area contributed by atoms with Crippen LogP contribution in [0.25, 0.3) is 11.0 Å². The van der Waals surface area contributed by atoms with Crippen molar-refractivity contribution in [1.82, 2.24) is 19.9 Å². The Labute approximate surface area is 175 Å². The summed E-state index contributed by atoms with van der Waals surface area (Å²) in [4.78, 5) is 21.4. The topological polar surface area (TPSA) is 71.8 Å². The van der Waals surface area contributed by atoms with Gasteiger partial charge < -0.3 is 15.2 Å². The number of carbonyl (C=O) groups excluding carboxylic acids is 1. The van der Waals surface area contributed by atoms with E-state index in [1.807, 2.05) is 30.5 Å². The molecular formula is C20H22BrF2N5O. The summed E-state index contributed by atoms with van der Waals surface area (Å²) >= 11 is 3.40. The lowest BCUT2D eigenvalue weighted by molar-refractivity contribution is 0.0921. The summed E-state index contributed by atoms with van der Waals surface area (Å²) in [5.41, 5.74) is 3.28. The number of hydrogen-bond acceptors (Lipinski definition) is 4. The van der Waals surface area contributed by atoms with E-state index in [1.165, 1.54) is 0 Å². The van der Waals surface area contributed by atoms with Crippen molar-refractivity contribution in [3.63, 3.8) is 0 Å². The van der Waals surface area contributed by atoms with Crippen molar-refractivity contribution in [1.29, 1.82) is 0 Å². The van der Waals surface area contributed by atoms with E-state index in [9.17, 15) is 13.6 Å². The van der Waals surface area contributed by atoms with Crippen molar-refractivity contribution >= 4 is 44.4 Å². The highest BCUT2D eigenvalue weighted by molar-refractivity contribution is 9.10. The minimum absolute atomic E-state index is 0.182. The molecule has 0 spiro atoms. The van der Waals surface area contributed by atoms with Gasteiger partial charge in [-0.25, -0.2) is 18.7 Å². The second-order valence-corrected chi connectivity index (χ2v) is 7.85. The van der Waals surface area contributed by atoms with Gasteiger partial charge in [0.2, 0.25) is 0 Å². The third-order valence-corrected chi connectivity index (χ3v) is 4.94. The first-order valence-electron chi connectivity index (χ1n) is 9.17. The van der Waals surface area contributed by atoms with Crippen molar-refractivity contribution in [2.45, 2.75) is 32.9 Å². The molecule has 1 aromatic carbocycles. The zero-order chi connectivity index (χ0) is 21.1. The highest BCUT2D eigenvalue weighted by atomic mass is 79.9. The molecule has 3 rings (SSSR count). The third kappa shape index (κ3) is 4.55. The summed E-state index contributed by atoms with van der Waals surface area (Å²) in [6.07, 6.45) is 1.76. The van der Waals surface area contributed by atoms with Crippen molar-refractivity contribution in [2.75, 3.05) is 18.7 Å². The van der Waals surface area contributed by atoms with Gasteiger partial charge in [0.05, 0.1) is 17.9 Å². The zero-order valence-corrected chi connectivity index (χ0v) is 17.9. The van der Waals surface area contributed by atoms with Gasteiger partial charge in [-0.15, -0.1) is 0 Å². The Hall–Kier alpha value is -2.55. The van der Waals surface area contributed by atoms with Gasteiger partial charge in [0, 0.05) is 17.3 Å². The second kappa shape index (κ2) is 8.86. The molecule has 154 valence electrons. The maximum Gasteiger partial charge on any atom is 0.252 e. The van der Waals surface area contributed by atoms with Gasteiger partial charge in [-0.2, -0.15) is 0 Å². The number of carbonyl (C=O) groups is 1. The quantitative estimate of drug-likeness (QED) is 0.488. The number of aryl methyl sites for hydroxylation is 1. The molecule has 0 aliphatic carbocycles. The SMILES string of the molecule is Cc1ccc(Nc2nc(Br)cc3ncn(C(C)C)c23)cc1C(=O)NC(CF)CF. The minimum atomic E-state index is -1.15. The van der Waals surface area contributed by atoms with Crippen LogP contribution in [-0.2, 0) is 0 Å². The Morgan fingerprint density at radius 3 is 2.62 bits per heavy atom. The van der Waals surface area contributed by atoms with Crippen LogP contribution in [0.4, 0.5) is 20.3 Å². The molecule has 0 aliphatic heterocycles. The summed E-state index contributed by atoms with van der Waals surface area (Å²) in [6.45, 7) is 3.94. The Morgan fingerprint density at radius 2 is 1.97 bits per heavy atom. The predicted molar refractivity (Wildman–Crippen MR) is 113 cm³/mol. The summed E-state index contributed by atoms with van der Waals surface area (Å²) < 4.78 is 28.2. The van der Waals surface area contributed by atoms with E-state index in [-0.39, 0.29) is 6.04 Å². The molecule has 2 aromatic heterocycles. The van der Waals surface area contributed by atoms with Gasteiger partial charge in [-0.1, -0.05) is 6.07 Å². The average Bonchev–Trinajstić information content (AvgIpc) is 3.11. The van der Waals surface area contributed by atoms with Crippen LogP contribution in [0.3, 0.4) is 0 Å². The van der Waals surface area contributed by atoms with E-state index in [0.29, 0.717) is 27.2 Å². The largest absolute Gasteiger partial charge is 0.344 e. The molecule has 0 aliphatic rings.